The van der Waals surface area contributed by atoms with Crippen LogP contribution >= 0.6 is 0 Å². The standard InChI is InChI=1S/C13H17/c1-9(2)12-5-4-6-13(10(12)3)11-7-8-11/h4-6,9,11H,1,7-8H2,2-3H3. The van der Waals surface area contributed by atoms with Crippen molar-refractivity contribution in [1.82, 2.24) is 0 Å². The fraction of sp³-hybridized carbons (Fsp3) is 0.462. The Morgan fingerprint density at radius 1 is 1.38 bits per heavy atom. The van der Waals surface area contributed by atoms with Crippen LogP contribution in [0.1, 0.15) is 48.3 Å². The van der Waals surface area contributed by atoms with E-state index in [4.69, 9.17) is 0 Å². The molecule has 1 unspecified atom stereocenters. The SMILES string of the molecule is [CH2]C(C)c1cccc(C2CC2)c1C. The lowest BCUT2D eigenvalue weighted by Gasteiger charge is -2.13. The first-order valence-corrected chi connectivity index (χ1v) is 5.12. The minimum absolute atomic E-state index is 0.415. The molecule has 0 N–H and O–H groups in total. The molecule has 1 aromatic rings. The van der Waals surface area contributed by atoms with E-state index in [1.54, 1.807) is 5.56 Å². The van der Waals surface area contributed by atoms with Crippen molar-refractivity contribution in [2.45, 2.75) is 38.5 Å². The molecule has 1 saturated carbocycles. The molecule has 0 heterocycles. The highest BCUT2D eigenvalue weighted by Crippen LogP contribution is 2.42. The van der Waals surface area contributed by atoms with Gasteiger partial charge in [0, 0.05) is 0 Å². The molecular weight excluding hydrogens is 156 g/mol. The van der Waals surface area contributed by atoms with Gasteiger partial charge in [0.15, 0.2) is 0 Å². The van der Waals surface area contributed by atoms with Gasteiger partial charge in [-0.05, 0) is 55.2 Å². The van der Waals surface area contributed by atoms with Crippen LogP contribution < -0.4 is 0 Å². The van der Waals surface area contributed by atoms with Gasteiger partial charge in [0.2, 0.25) is 0 Å². The molecular formula is C13H17. The third kappa shape index (κ3) is 1.63. The summed E-state index contributed by atoms with van der Waals surface area (Å²) in [6.07, 6.45) is 2.77. The minimum Gasteiger partial charge on any atom is -0.0617 e. The zero-order chi connectivity index (χ0) is 9.42. The Hall–Kier alpha value is -0.780. The van der Waals surface area contributed by atoms with Crippen molar-refractivity contribution in [3.05, 3.63) is 41.8 Å². The molecule has 1 atom stereocenters. The van der Waals surface area contributed by atoms with E-state index in [1.165, 1.54) is 24.0 Å². The first kappa shape index (κ1) is 8.80. The van der Waals surface area contributed by atoms with Crippen LogP contribution in [0, 0.1) is 13.8 Å². The Kier molecular flexibility index (Phi) is 2.15. The van der Waals surface area contributed by atoms with Crippen LogP contribution in [0.15, 0.2) is 18.2 Å². The topological polar surface area (TPSA) is 0 Å². The second-order valence-electron chi connectivity index (χ2n) is 4.24. The summed E-state index contributed by atoms with van der Waals surface area (Å²) < 4.78 is 0. The van der Waals surface area contributed by atoms with Gasteiger partial charge in [-0.1, -0.05) is 25.1 Å². The number of hydrogen-bond acceptors (Lipinski definition) is 0. The molecule has 1 fully saturated rings. The molecule has 1 aliphatic rings. The summed E-state index contributed by atoms with van der Waals surface area (Å²) >= 11 is 0. The normalized spacial score (nSPS) is 16.6. The lowest BCUT2D eigenvalue weighted by molar-refractivity contribution is 0.933. The van der Waals surface area contributed by atoms with Crippen molar-refractivity contribution in [2.75, 3.05) is 0 Å². The molecule has 69 valence electrons. The molecule has 0 aromatic heterocycles. The van der Waals surface area contributed by atoms with Crippen LogP contribution in [0.2, 0.25) is 0 Å². The molecule has 0 nitrogen and oxygen atoms in total. The summed E-state index contributed by atoms with van der Waals surface area (Å²) in [6.45, 7) is 8.50. The van der Waals surface area contributed by atoms with Gasteiger partial charge in [0.05, 0.1) is 0 Å². The second kappa shape index (κ2) is 3.17. The number of benzene rings is 1. The van der Waals surface area contributed by atoms with E-state index in [-0.39, 0.29) is 0 Å². The fourth-order valence-electron chi connectivity index (χ4n) is 2.04. The smallest absolute Gasteiger partial charge is 0.0159 e. The Morgan fingerprint density at radius 2 is 2.08 bits per heavy atom. The molecule has 0 aliphatic heterocycles. The second-order valence-corrected chi connectivity index (χ2v) is 4.24. The zero-order valence-electron chi connectivity index (χ0n) is 8.51. The summed E-state index contributed by atoms with van der Waals surface area (Å²) in [5.74, 6) is 1.28. The lowest BCUT2D eigenvalue weighted by atomic mass is 9.92. The molecule has 0 bridgehead atoms. The predicted molar refractivity (Wildman–Crippen MR) is 56.9 cm³/mol. The monoisotopic (exact) mass is 173 g/mol. The van der Waals surface area contributed by atoms with Crippen LogP contribution in [0.5, 0.6) is 0 Å². The van der Waals surface area contributed by atoms with Crippen LogP contribution in [-0.2, 0) is 0 Å². The van der Waals surface area contributed by atoms with Crippen LogP contribution in [-0.4, -0.2) is 0 Å². The first-order chi connectivity index (χ1) is 6.20. The molecule has 1 radical (unpaired) electrons. The van der Waals surface area contributed by atoms with Gasteiger partial charge in [-0.15, -0.1) is 0 Å². The van der Waals surface area contributed by atoms with Crippen LogP contribution in [0.4, 0.5) is 0 Å². The average Bonchev–Trinajstić information content (AvgIpc) is 2.87. The molecule has 0 heteroatoms. The van der Waals surface area contributed by atoms with E-state index in [0.29, 0.717) is 5.92 Å². The summed E-state index contributed by atoms with van der Waals surface area (Å²) in [5, 5.41) is 0. The van der Waals surface area contributed by atoms with E-state index in [2.05, 4.69) is 39.0 Å². The third-order valence-electron chi connectivity index (χ3n) is 2.97. The molecule has 0 amide bonds. The summed E-state index contributed by atoms with van der Waals surface area (Å²) in [7, 11) is 0. The lowest BCUT2D eigenvalue weighted by Crippen LogP contribution is -1.95. The molecule has 1 aromatic carbocycles. The van der Waals surface area contributed by atoms with Gasteiger partial charge < -0.3 is 0 Å². The molecule has 0 saturated heterocycles. The first-order valence-electron chi connectivity index (χ1n) is 5.12. The van der Waals surface area contributed by atoms with Crippen LogP contribution in [0.25, 0.3) is 0 Å². The largest absolute Gasteiger partial charge is 0.0617 e. The fourth-order valence-corrected chi connectivity index (χ4v) is 2.04. The van der Waals surface area contributed by atoms with Crippen molar-refractivity contribution in [1.29, 1.82) is 0 Å². The van der Waals surface area contributed by atoms with E-state index in [1.807, 2.05) is 0 Å². The minimum atomic E-state index is 0.415. The molecule has 1 aliphatic carbocycles. The maximum Gasteiger partial charge on any atom is -0.0159 e. The summed E-state index contributed by atoms with van der Waals surface area (Å²) in [4.78, 5) is 0. The van der Waals surface area contributed by atoms with E-state index >= 15 is 0 Å². The van der Waals surface area contributed by atoms with Gasteiger partial charge in [-0.25, -0.2) is 0 Å². The predicted octanol–water partition coefficient (Wildman–Crippen LogP) is 3.81. The van der Waals surface area contributed by atoms with Crippen molar-refractivity contribution < 1.29 is 0 Å². The Balaban J connectivity index is 2.41. The average molecular weight is 173 g/mol. The van der Waals surface area contributed by atoms with Crippen molar-refractivity contribution in [3.8, 4) is 0 Å². The Morgan fingerprint density at radius 3 is 2.62 bits per heavy atom. The zero-order valence-corrected chi connectivity index (χ0v) is 8.51. The summed E-state index contributed by atoms with van der Waals surface area (Å²) in [6, 6.07) is 6.66. The van der Waals surface area contributed by atoms with Gasteiger partial charge in [0.1, 0.15) is 0 Å². The van der Waals surface area contributed by atoms with Crippen molar-refractivity contribution in [2.24, 2.45) is 0 Å². The Labute approximate surface area is 81.0 Å². The highest BCUT2D eigenvalue weighted by molar-refractivity contribution is 5.40. The highest BCUT2D eigenvalue weighted by Gasteiger charge is 2.25. The van der Waals surface area contributed by atoms with Crippen molar-refractivity contribution in [3.63, 3.8) is 0 Å². The van der Waals surface area contributed by atoms with E-state index < -0.39 is 0 Å². The van der Waals surface area contributed by atoms with E-state index in [9.17, 15) is 0 Å². The van der Waals surface area contributed by atoms with Gasteiger partial charge in [-0.2, -0.15) is 0 Å². The maximum atomic E-state index is 4.09. The Bertz CT molecular complexity index is 286. The van der Waals surface area contributed by atoms with Crippen LogP contribution in [0.3, 0.4) is 0 Å². The third-order valence-corrected chi connectivity index (χ3v) is 2.97. The molecule has 2 rings (SSSR count). The molecule has 13 heavy (non-hydrogen) atoms. The van der Waals surface area contributed by atoms with Gasteiger partial charge >= 0.3 is 0 Å². The highest BCUT2D eigenvalue weighted by atomic mass is 14.3. The number of rotatable bonds is 2. The summed E-state index contributed by atoms with van der Waals surface area (Å²) in [5.41, 5.74) is 4.46. The van der Waals surface area contributed by atoms with Gasteiger partial charge in [-0.3, -0.25) is 0 Å². The number of hydrogen-bond donors (Lipinski definition) is 0. The quantitative estimate of drug-likeness (QED) is 0.638. The molecule has 0 spiro atoms. The van der Waals surface area contributed by atoms with Crippen molar-refractivity contribution >= 4 is 0 Å². The van der Waals surface area contributed by atoms with Gasteiger partial charge in [0.25, 0.3) is 0 Å². The maximum absolute atomic E-state index is 4.09. The van der Waals surface area contributed by atoms with E-state index in [0.717, 1.165) is 5.92 Å².